The first-order valence-corrected chi connectivity index (χ1v) is 5.78. The zero-order chi connectivity index (χ0) is 12.1. The Morgan fingerprint density at radius 1 is 1.38 bits per heavy atom. The van der Waals surface area contributed by atoms with E-state index in [0.29, 0.717) is 12.8 Å². The van der Waals surface area contributed by atoms with Crippen LogP contribution in [0, 0.1) is 5.92 Å². The average molecular weight is 285 g/mol. The predicted octanol–water partition coefficient (Wildman–Crippen LogP) is 2.67. The third kappa shape index (κ3) is 3.45. The van der Waals surface area contributed by atoms with Gasteiger partial charge in [0, 0.05) is 4.47 Å². The lowest BCUT2D eigenvalue weighted by molar-refractivity contribution is -0.145. The molecule has 86 valence electrons. The average Bonchev–Trinajstić information content (AvgIpc) is 2.20. The van der Waals surface area contributed by atoms with Gasteiger partial charge >= 0.3 is 5.97 Å². The molecule has 0 bridgehead atoms. The van der Waals surface area contributed by atoms with Gasteiger partial charge in [-0.2, -0.15) is 0 Å². The van der Waals surface area contributed by atoms with Crippen LogP contribution >= 0.6 is 15.9 Å². The van der Waals surface area contributed by atoms with E-state index in [1.165, 1.54) is 6.92 Å². The predicted molar refractivity (Wildman–Crippen MR) is 64.3 cm³/mol. The van der Waals surface area contributed by atoms with Gasteiger partial charge in [-0.3, -0.25) is 9.59 Å². The molecule has 0 aliphatic carbocycles. The first-order valence-electron chi connectivity index (χ1n) is 4.99. The van der Waals surface area contributed by atoms with Crippen LogP contribution in [-0.2, 0) is 16.0 Å². The van der Waals surface area contributed by atoms with Crippen LogP contribution < -0.4 is 0 Å². The summed E-state index contributed by atoms with van der Waals surface area (Å²) < 4.78 is 0.947. The number of Topliss-reactive ketones (excluding diaryl/α,β-unsaturated/α-hetero) is 1. The highest BCUT2D eigenvalue weighted by molar-refractivity contribution is 9.10. The lowest BCUT2D eigenvalue weighted by atomic mass is 9.96. The van der Waals surface area contributed by atoms with Crippen molar-refractivity contribution < 1.29 is 14.7 Å². The smallest absolute Gasteiger partial charge is 0.314 e. The quantitative estimate of drug-likeness (QED) is 0.846. The molecule has 0 aromatic heterocycles. The number of hydrogen-bond acceptors (Lipinski definition) is 2. The summed E-state index contributed by atoms with van der Waals surface area (Å²) in [5, 5.41) is 8.86. The number of hydrogen-bond donors (Lipinski definition) is 1. The van der Waals surface area contributed by atoms with E-state index >= 15 is 0 Å². The molecule has 0 radical (unpaired) electrons. The lowest BCUT2D eigenvalue weighted by Gasteiger charge is -2.09. The topological polar surface area (TPSA) is 54.4 Å². The number of carbonyl (C=O) groups is 2. The number of benzene rings is 1. The van der Waals surface area contributed by atoms with Gasteiger partial charge in [-0.05, 0) is 31.4 Å². The molecule has 0 spiro atoms. The van der Waals surface area contributed by atoms with Crippen molar-refractivity contribution in [2.24, 2.45) is 5.92 Å². The minimum Gasteiger partial charge on any atom is -0.481 e. The van der Waals surface area contributed by atoms with Crippen molar-refractivity contribution in [2.75, 3.05) is 0 Å². The van der Waals surface area contributed by atoms with Crippen LogP contribution in [0.2, 0.25) is 0 Å². The maximum atomic E-state index is 11.1. The Balaban J connectivity index is 2.66. The molecule has 0 aliphatic rings. The first kappa shape index (κ1) is 12.9. The largest absolute Gasteiger partial charge is 0.481 e. The van der Waals surface area contributed by atoms with Crippen molar-refractivity contribution in [3.05, 3.63) is 34.3 Å². The maximum absolute atomic E-state index is 11.1. The van der Waals surface area contributed by atoms with Gasteiger partial charge < -0.3 is 5.11 Å². The fraction of sp³-hybridized carbons (Fsp3) is 0.333. The van der Waals surface area contributed by atoms with Gasteiger partial charge in [0.15, 0.2) is 0 Å². The van der Waals surface area contributed by atoms with Crippen LogP contribution in [0.3, 0.4) is 0 Å². The Morgan fingerprint density at radius 2 is 2.00 bits per heavy atom. The van der Waals surface area contributed by atoms with Gasteiger partial charge in [-0.1, -0.05) is 34.1 Å². The Bertz CT molecular complexity index is 387. The zero-order valence-electron chi connectivity index (χ0n) is 8.94. The second-order valence-electron chi connectivity index (χ2n) is 3.63. The minimum atomic E-state index is -1.04. The Hall–Kier alpha value is -1.16. The fourth-order valence-corrected chi connectivity index (χ4v) is 1.98. The molecule has 0 saturated heterocycles. The Kier molecular flexibility index (Phi) is 4.68. The maximum Gasteiger partial charge on any atom is 0.314 e. The van der Waals surface area contributed by atoms with Crippen LogP contribution in [0.5, 0.6) is 0 Å². The lowest BCUT2D eigenvalue weighted by Crippen LogP contribution is -2.22. The summed E-state index contributed by atoms with van der Waals surface area (Å²) >= 11 is 3.39. The molecule has 1 atom stereocenters. The highest BCUT2D eigenvalue weighted by atomic mass is 79.9. The number of rotatable bonds is 5. The number of aryl methyl sites for hydroxylation is 1. The number of ketones is 1. The van der Waals surface area contributed by atoms with Gasteiger partial charge in [0.05, 0.1) is 0 Å². The van der Waals surface area contributed by atoms with Crippen LogP contribution in [0.1, 0.15) is 18.9 Å². The minimum absolute atomic E-state index is 0.292. The van der Waals surface area contributed by atoms with Crippen molar-refractivity contribution >= 4 is 27.7 Å². The van der Waals surface area contributed by atoms with E-state index in [4.69, 9.17) is 5.11 Å². The molecule has 0 aliphatic heterocycles. The molecule has 0 saturated carbocycles. The Morgan fingerprint density at radius 3 is 2.50 bits per heavy atom. The molecule has 1 unspecified atom stereocenters. The van der Waals surface area contributed by atoms with E-state index < -0.39 is 11.9 Å². The third-order valence-electron chi connectivity index (χ3n) is 2.45. The molecular weight excluding hydrogens is 272 g/mol. The zero-order valence-corrected chi connectivity index (χ0v) is 10.5. The molecule has 0 amide bonds. The van der Waals surface area contributed by atoms with Crippen LogP contribution in [0.4, 0.5) is 0 Å². The van der Waals surface area contributed by atoms with E-state index in [0.717, 1.165) is 10.0 Å². The first-order chi connectivity index (χ1) is 7.52. The number of carboxylic acids is 1. The standard InChI is InChI=1S/C12H13BrO3/c1-8(14)10(12(15)16)7-6-9-4-2-3-5-11(9)13/h2-5,10H,6-7H2,1H3,(H,15,16). The molecule has 1 aromatic carbocycles. The van der Waals surface area contributed by atoms with E-state index in [-0.39, 0.29) is 5.78 Å². The van der Waals surface area contributed by atoms with Crippen LogP contribution in [0.15, 0.2) is 28.7 Å². The molecule has 1 rings (SSSR count). The highest BCUT2D eigenvalue weighted by Gasteiger charge is 2.22. The van der Waals surface area contributed by atoms with Gasteiger partial charge in [-0.25, -0.2) is 0 Å². The summed E-state index contributed by atoms with van der Waals surface area (Å²) in [4.78, 5) is 21.9. The van der Waals surface area contributed by atoms with Gasteiger partial charge in [-0.15, -0.1) is 0 Å². The fourth-order valence-electron chi connectivity index (χ4n) is 1.50. The summed E-state index contributed by atoms with van der Waals surface area (Å²) in [6.45, 7) is 1.32. The summed E-state index contributed by atoms with van der Waals surface area (Å²) in [5.74, 6) is -2.23. The molecule has 1 aromatic rings. The van der Waals surface area contributed by atoms with Crippen molar-refractivity contribution in [2.45, 2.75) is 19.8 Å². The van der Waals surface area contributed by atoms with E-state index in [1.807, 2.05) is 24.3 Å². The SMILES string of the molecule is CC(=O)C(CCc1ccccc1Br)C(=O)O. The van der Waals surface area contributed by atoms with Gasteiger partial charge in [0.25, 0.3) is 0 Å². The van der Waals surface area contributed by atoms with E-state index in [9.17, 15) is 9.59 Å². The van der Waals surface area contributed by atoms with Crippen molar-refractivity contribution in [3.63, 3.8) is 0 Å². The van der Waals surface area contributed by atoms with Gasteiger partial charge in [0.2, 0.25) is 0 Å². The third-order valence-corrected chi connectivity index (χ3v) is 3.22. The molecule has 3 nitrogen and oxygen atoms in total. The van der Waals surface area contributed by atoms with Crippen molar-refractivity contribution in [1.29, 1.82) is 0 Å². The molecule has 0 heterocycles. The van der Waals surface area contributed by atoms with Crippen molar-refractivity contribution in [1.82, 2.24) is 0 Å². The monoisotopic (exact) mass is 284 g/mol. The number of aliphatic carboxylic acids is 1. The Labute approximate surface area is 103 Å². The number of halogens is 1. The van der Waals surface area contributed by atoms with Crippen LogP contribution in [-0.4, -0.2) is 16.9 Å². The van der Waals surface area contributed by atoms with E-state index in [2.05, 4.69) is 15.9 Å². The summed E-state index contributed by atoms with van der Waals surface area (Å²) in [6.07, 6.45) is 0.922. The molecule has 0 fully saturated rings. The van der Waals surface area contributed by atoms with Crippen molar-refractivity contribution in [3.8, 4) is 0 Å². The van der Waals surface area contributed by atoms with E-state index in [1.54, 1.807) is 0 Å². The molecule has 4 heteroatoms. The second kappa shape index (κ2) is 5.80. The highest BCUT2D eigenvalue weighted by Crippen LogP contribution is 2.19. The molecular formula is C12H13BrO3. The summed E-state index contributed by atoms with van der Waals surface area (Å²) in [5.41, 5.74) is 1.02. The van der Waals surface area contributed by atoms with Gasteiger partial charge in [0.1, 0.15) is 11.7 Å². The second-order valence-corrected chi connectivity index (χ2v) is 4.49. The molecule has 16 heavy (non-hydrogen) atoms. The summed E-state index contributed by atoms with van der Waals surface area (Å²) in [7, 11) is 0. The van der Waals surface area contributed by atoms with Crippen LogP contribution in [0.25, 0.3) is 0 Å². The molecule has 1 N–H and O–H groups in total. The summed E-state index contributed by atoms with van der Waals surface area (Å²) in [6, 6.07) is 7.61. The number of carboxylic acid groups (broad SMARTS) is 1. The number of carbonyl (C=O) groups excluding carboxylic acids is 1. The normalized spacial score (nSPS) is 12.1.